The summed E-state index contributed by atoms with van der Waals surface area (Å²) in [6, 6.07) is 7.44. The fraction of sp³-hybridized carbons (Fsp3) is 0. The highest BCUT2D eigenvalue weighted by molar-refractivity contribution is 5.93. The van der Waals surface area contributed by atoms with Crippen molar-refractivity contribution in [3.05, 3.63) is 36.8 Å². The number of hydrogen-bond donors (Lipinski definition) is 4. The smallest absolute Gasteiger partial charge is 0.223 e. The molecule has 18 heavy (non-hydrogen) atoms. The number of guanidine groups is 2. The van der Waals surface area contributed by atoms with Crippen molar-refractivity contribution < 1.29 is 0 Å². The van der Waals surface area contributed by atoms with Crippen LogP contribution < -0.4 is 17.2 Å². The van der Waals surface area contributed by atoms with E-state index < -0.39 is 0 Å². The van der Waals surface area contributed by atoms with Gasteiger partial charge in [-0.05, 0) is 12.1 Å². The summed E-state index contributed by atoms with van der Waals surface area (Å²) in [5, 5.41) is 0. The molecule has 0 unspecified atom stereocenters. The van der Waals surface area contributed by atoms with E-state index in [-0.39, 0.29) is 11.9 Å². The van der Waals surface area contributed by atoms with Gasteiger partial charge in [0.2, 0.25) is 5.96 Å². The van der Waals surface area contributed by atoms with E-state index in [0.29, 0.717) is 5.69 Å². The van der Waals surface area contributed by atoms with Gasteiger partial charge in [-0.2, -0.15) is 4.99 Å². The molecule has 2 rings (SSSR count). The normalized spacial score (nSPS) is 11.2. The summed E-state index contributed by atoms with van der Waals surface area (Å²) >= 11 is 0. The van der Waals surface area contributed by atoms with Crippen LogP contribution in [0.5, 0.6) is 0 Å². The summed E-state index contributed by atoms with van der Waals surface area (Å²) in [6.45, 7) is 0. The number of aromatic nitrogens is 2. The Hall–Kier alpha value is -2.83. The number of rotatable bonds is 2. The van der Waals surface area contributed by atoms with Crippen LogP contribution in [0.15, 0.2) is 46.8 Å². The van der Waals surface area contributed by atoms with Crippen LogP contribution in [0.1, 0.15) is 0 Å². The molecule has 0 fully saturated rings. The number of aromatic amines is 1. The van der Waals surface area contributed by atoms with Crippen LogP contribution >= 0.6 is 0 Å². The van der Waals surface area contributed by atoms with Crippen molar-refractivity contribution in [3.8, 4) is 11.3 Å². The van der Waals surface area contributed by atoms with Crippen molar-refractivity contribution in [3.63, 3.8) is 0 Å². The van der Waals surface area contributed by atoms with Crippen LogP contribution in [0, 0.1) is 0 Å². The van der Waals surface area contributed by atoms with Crippen LogP contribution in [0.4, 0.5) is 5.69 Å². The van der Waals surface area contributed by atoms with Crippen LogP contribution in [0.3, 0.4) is 0 Å². The molecule has 7 heteroatoms. The van der Waals surface area contributed by atoms with Crippen LogP contribution in [-0.2, 0) is 0 Å². The van der Waals surface area contributed by atoms with E-state index in [0.717, 1.165) is 11.3 Å². The summed E-state index contributed by atoms with van der Waals surface area (Å²) in [5.41, 5.74) is 18.5. The zero-order valence-electron chi connectivity index (χ0n) is 9.54. The second kappa shape index (κ2) is 5.00. The van der Waals surface area contributed by atoms with Gasteiger partial charge in [0.1, 0.15) is 0 Å². The van der Waals surface area contributed by atoms with E-state index in [1.54, 1.807) is 18.6 Å². The molecule has 0 aliphatic carbocycles. The summed E-state index contributed by atoms with van der Waals surface area (Å²) in [4.78, 5) is 14.7. The summed E-state index contributed by atoms with van der Waals surface area (Å²) in [6.07, 6.45) is 3.33. The molecule has 1 heterocycles. The van der Waals surface area contributed by atoms with Crippen molar-refractivity contribution in [2.24, 2.45) is 27.2 Å². The van der Waals surface area contributed by atoms with Gasteiger partial charge in [0.25, 0.3) is 0 Å². The van der Waals surface area contributed by atoms with Gasteiger partial charge in [0, 0.05) is 5.56 Å². The molecule has 0 atom stereocenters. The minimum Gasteiger partial charge on any atom is -0.370 e. The Morgan fingerprint density at radius 1 is 1.22 bits per heavy atom. The second-order valence-corrected chi connectivity index (χ2v) is 3.52. The molecule has 1 aromatic carbocycles. The van der Waals surface area contributed by atoms with E-state index in [9.17, 15) is 0 Å². The Bertz CT molecular complexity index is 579. The van der Waals surface area contributed by atoms with Gasteiger partial charge in [-0.1, -0.05) is 12.1 Å². The van der Waals surface area contributed by atoms with E-state index in [1.165, 1.54) is 0 Å². The first kappa shape index (κ1) is 11.6. The largest absolute Gasteiger partial charge is 0.370 e. The number of benzene rings is 1. The molecule has 7 nitrogen and oxygen atoms in total. The molecule has 92 valence electrons. The number of nitrogens with zero attached hydrogens (tertiary/aromatic N) is 3. The molecular formula is C11H13N7. The number of aliphatic imine (C=N–C) groups is 2. The monoisotopic (exact) mass is 243 g/mol. The molecule has 0 spiro atoms. The maximum Gasteiger partial charge on any atom is 0.223 e. The Balaban J connectivity index is 2.31. The minimum atomic E-state index is -0.124. The highest BCUT2D eigenvalue weighted by Gasteiger charge is 2.00. The van der Waals surface area contributed by atoms with E-state index in [4.69, 9.17) is 17.2 Å². The van der Waals surface area contributed by atoms with Crippen molar-refractivity contribution >= 4 is 17.6 Å². The molecule has 0 aliphatic heterocycles. The lowest BCUT2D eigenvalue weighted by Crippen LogP contribution is -2.26. The third-order valence-electron chi connectivity index (χ3n) is 2.14. The maximum atomic E-state index is 5.56. The lowest BCUT2D eigenvalue weighted by atomic mass is 10.1. The molecule has 0 saturated heterocycles. The SMILES string of the molecule is NC(N)=NC(N)=Nc1cccc(-c2cnc[nH]2)c1. The molecule has 7 N–H and O–H groups in total. The van der Waals surface area contributed by atoms with Gasteiger partial charge >= 0.3 is 0 Å². The van der Waals surface area contributed by atoms with E-state index in [2.05, 4.69) is 20.0 Å². The Morgan fingerprint density at radius 2 is 2.06 bits per heavy atom. The number of hydrogen-bond acceptors (Lipinski definition) is 2. The number of imidazole rings is 1. The van der Waals surface area contributed by atoms with Crippen molar-refractivity contribution in [1.82, 2.24) is 9.97 Å². The summed E-state index contributed by atoms with van der Waals surface area (Å²) in [5.74, 6) is -0.113. The van der Waals surface area contributed by atoms with Gasteiger partial charge < -0.3 is 22.2 Å². The van der Waals surface area contributed by atoms with Gasteiger partial charge in [0.05, 0.1) is 23.9 Å². The highest BCUT2D eigenvalue weighted by atomic mass is 15.1. The maximum absolute atomic E-state index is 5.56. The molecular weight excluding hydrogens is 230 g/mol. The van der Waals surface area contributed by atoms with Crippen molar-refractivity contribution in [1.29, 1.82) is 0 Å². The Labute approximate surface area is 103 Å². The molecule has 0 bridgehead atoms. The molecule has 0 radical (unpaired) electrons. The Kier molecular flexibility index (Phi) is 3.24. The number of H-pyrrole nitrogens is 1. The summed E-state index contributed by atoms with van der Waals surface area (Å²) < 4.78 is 0. The first-order chi connectivity index (χ1) is 8.65. The fourth-order valence-electron chi connectivity index (χ4n) is 1.45. The quantitative estimate of drug-likeness (QED) is 0.446. The second-order valence-electron chi connectivity index (χ2n) is 3.52. The predicted molar refractivity (Wildman–Crippen MR) is 71.1 cm³/mol. The van der Waals surface area contributed by atoms with Gasteiger partial charge in [-0.15, -0.1) is 0 Å². The molecule has 0 aliphatic rings. The van der Waals surface area contributed by atoms with Gasteiger partial charge in [-0.25, -0.2) is 9.98 Å². The van der Waals surface area contributed by atoms with E-state index in [1.807, 2.05) is 18.2 Å². The van der Waals surface area contributed by atoms with E-state index >= 15 is 0 Å². The van der Waals surface area contributed by atoms with Crippen molar-refractivity contribution in [2.75, 3.05) is 0 Å². The van der Waals surface area contributed by atoms with Crippen molar-refractivity contribution in [2.45, 2.75) is 0 Å². The van der Waals surface area contributed by atoms with Crippen LogP contribution in [-0.4, -0.2) is 21.9 Å². The first-order valence-corrected chi connectivity index (χ1v) is 5.18. The first-order valence-electron chi connectivity index (χ1n) is 5.18. The highest BCUT2D eigenvalue weighted by Crippen LogP contribution is 2.21. The third kappa shape index (κ3) is 2.85. The molecule has 0 amide bonds. The molecule has 1 aromatic heterocycles. The zero-order valence-corrected chi connectivity index (χ0v) is 9.54. The average Bonchev–Trinajstić information content (AvgIpc) is 2.81. The lowest BCUT2D eigenvalue weighted by Gasteiger charge is -2.00. The molecule has 2 aromatic rings. The summed E-state index contributed by atoms with van der Waals surface area (Å²) in [7, 11) is 0. The molecule has 0 saturated carbocycles. The predicted octanol–water partition coefficient (Wildman–Crippen LogP) is 0.296. The number of nitrogens with two attached hydrogens (primary N) is 3. The van der Waals surface area contributed by atoms with Crippen LogP contribution in [0.2, 0.25) is 0 Å². The fourth-order valence-corrected chi connectivity index (χ4v) is 1.45. The number of nitrogens with one attached hydrogen (secondary N) is 1. The standard InChI is InChI=1S/C11H13N7/c12-10(13)18-11(14)17-8-3-1-2-7(4-8)9-5-15-6-16-9/h1-6H,(H,15,16)(H6,12,13,14,17,18). The minimum absolute atomic E-state index is 0.0109. The average molecular weight is 243 g/mol. The zero-order chi connectivity index (χ0) is 13.0. The lowest BCUT2D eigenvalue weighted by molar-refractivity contribution is 1.31. The van der Waals surface area contributed by atoms with Gasteiger partial charge in [0.15, 0.2) is 5.96 Å². The van der Waals surface area contributed by atoms with Gasteiger partial charge in [-0.3, -0.25) is 0 Å². The Morgan fingerprint density at radius 3 is 2.72 bits per heavy atom. The third-order valence-corrected chi connectivity index (χ3v) is 2.14. The topological polar surface area (TPSA) is 131 Å². The van der Waals surface area contributed by atoms with Crippen LogP contribution in [0.25, 0.3) is 11.3 Å².